The van der Waals surface area contributed by atoms with Crippen LogP contribution in [0.1, 0.15) is 11.1 Å². The molecule has 0 spiro atoms. The van der Waals surface area contributed by atoms with Crippen LogP contribution in [0.3, 0.4) is 0 Å². The van der Waals surface area contributed by atoms with Crippen molar-refractivity contribution in [3.8, 4) is 0 Å². The van der Waals surface area contributed by atoms with Crippen LogP contribution in [0.15, 0.2) is 42.5 Å². The van der Waals surface area contributed by atoms with Crippen LogP contribution in [0.4, 0.5) is 5.69 Å². The molecule has 3 rings (SSSR count). The second kappa shape index (κ2) is 7.57. The van der Waals surface area contributed by atoms with Gasteiger partial charge in [0.1, 0.15) is 0 Å². The lowest BCUT2D eigenvalue weighted by Crippen LogP contribution is -2.47. The summed E-state index contributed by atoms with van der Waals surface area (Å²) >= 11 is 12.3. The largest absolute Gasteiger partial charge is 0.368 e. The van der Waals surface area contributed by atoms with Crippen LogP contribution in [-0.2, 0) is 6.42 Å². The first-order chi connectivity index (χ1) is 11.1. The monoisotopic (exact) mass is 348 g/mol. The van der Waals surface area contributed by atoms with Crippen LogP contribution in [0.2, 0.25) is 10.0 Å². The van der Waals surface area contributed by atoms with Crippen molar-refractivity contribution in [2.24, 2.45) is 0 Å². The van der Waals surface area contributed by atoms with Crippen LogP contribution in [0.25, 0.3) is 0 Å². The van der Waals surface area contributed by atoms with Gasteiger partial charge in [0.15, 0.2) is 0 Å². The zero-order valence-electron chi connectivity index (χ0n) is 13.4. The summed E-state index contributed by atoms with van der Waals surface area (Å²) in [6, 6.07) is 14.6. The molecule has 1 saturated heterocycles. The second-order valence-corrected chi connectivity index (χ2v) is 7.00. The van der Waals surface area contributed by atoms with Gasteiger partial charge in [-0.15, -0.1) is 0 Å². The van der Waals surface area contributed by atoms with Gasteiger partial charge in [0.2, 0.25) is 0 Å². The van der Waals surface area contributed by atoms with Gasteiger partial charge in [0.05, 0.1) is 10.7 Å². The van der Waals surface area contributed by atoms with E-state index < -0.39 is 0 Å². The Bertz CT molecular complexity index is 647. The number of hydrogen-bond acceptors (Lipinski definition) is 2. The molecule has 1 aliphatic heterocycles. The average molecular weight is 349 g/mol. The summed E-state index contributed by atoms with van der Waals surface area (Å²) in [4.78, 5) is 4.88. The molecule has 0 atom stereocenters. The SMILES string of the molecule is Cc1ccc(CCN2CCN(c3ccc(Cl)cc3Cl)CC2)cc1. The fourth-order valence-electron chi connectivity index (χ4n) is 2.99. The first-order valence-electron chi connectivity index (χ1n) is 8.10. The molecule has 1 heterocycles. The van der Waals surface area contributed by atoms with Crippen molar-refractivity contribution in [2.45, 2.75) is 13.3 Å². The van der Waals surface area contributed by atoms with Gasteiger partial charge < -0.3 is 4.90 Å². The molecule has 0 aromatic heterocycles. The number of aryl methyl sites for hydroxylation is 1. The number of rotatable bonds is 4. The number of hydrogen-bond donors (Lipinski definition) is 0. The molecule has 23 heavy (non-hydrogen) atoms. The van der Waals surface area contributed by atoms with E-state index in [1.54, 1.807) is 0 Å². The molecule has 1 fully saturated rings. The molecule has 1 aliphatic rings. The Labute approximate surface area is 148 Å². The van der Waals surface area contributed by atoms with E-state index in [0.717, 1.165) is 49.9 Å². The third-order valence-electron chi connectivity index (χ3n) is 4.46. The molecule has 2 aromatic carbocycles. The molecule has 0 saturated carbocycles. The van der Waals surface area contributed by atoms with Crippen molar-refractivity contribution in [3.05, 3.63) is 63.6 Å². The fourth-order valence-corrected chi connectivity index (χ4v) is 3.52. The molecular weight excluding hydrogens is 327 g/mol. The smallest absolute Gasteiger partial charge is 0.0654 e. The number of nitrogens with zero attached hydrogens (tertiary/aromatic N) is 2. The highest BCUT2D eigenvalue weighted by Gasteiger charge is 2.18. The number of anilines is 1. The highest BCUT2D eigenvalue weighted by Crippen LogP contribution is 2.29. The van der Waals surface area contributed by atoms with E-state index in [1.165, 1.54) is 11.1 Å². The molecule has 4 heteroatoms. The zero-order valence-corrected chi connectivity index (χ0v) is 14.9. The summed E-state index contributed by atoms with van der Waals surface area (Å²) in [6.45, 7) is 7.41. The van der Waals surface area contributed by atoms with E-state index in [0.29, 0.717) is 5.02 Å². The van der Waals surface area contributed by atoms with Crippen molar-refractivity contribution < 1.29 is 0 Å². The molecule has 0 radical (unpaired) electrons. The predicted molar refractivity (Wildman–Crippen MR) is 100.0 cm³/mol. The van der Waals surface area contributed by atoms with Gasteiger partial charge in [-0.05, 0) is 37.1 Å². The average Bonchev–Trinajstić information content (AvgIpc) is 2.55. The maximum absolute atomic E-state index is 6.31. The summed E-state index contributed by atoms with van der Waals surface area (Å²) in [5.41, 5.74) is 3.83. The van der Waals surface area contributed by atoms with E-state index in [-0.39, 0.29) is 0 Å². The fraction of sp³-hybridized carbons (Fsp3) is 0.368. The molecule has 122 valence electrons. The lowest BCUT2D eigenvalue weighted by Gasteiger charge is -2.36. The molecule has 0 bridgehead atoms. The van der Waals surface area contributed by atoms with Crippen LogP contribution < -0.4 is 4.90 Å². The van der Waals surface area contributed by atoms with Gasteiger partial charge in [-0.3, -0.25) is 4.90 Å². The summed E-state index contributed by atoms with van der Waals surface area (Å²) in [5, 5.41) is 1.43. The number of benzene rings is 2. The third-order valence-corrected chi connectivity index (χ3v) is 5.00. The zero-order chi connectivity index (χ0) is 16.2. The van der Waals surface area contributed by atoms with Gasteiger partial charge in [0, 0.05) is 37.7 Å². The Hall–Kier alpha value is -1.22. The summed E-state index contributed by atoms with van der Waals surface area (Å²) in [7, 11) is 0. The highest BCUT2D eigenvalue weighted by molar-refractivity contribution is 6.36. The standard InChI is InChI=1S/C19H22Cl2N2/c1-15-2-4-16(5-3-15)8-9-22-10-12-23(13-11-22)19-7-6-17(20)14-18(19)21/h2-7,14H,8-13H2,1H3. The molecule has 0 amide bonds. The number of piperazine rings is 1. The minimum absolute atomic E-state index is 0.690. The molecule has 2 aromatic rings. The molecule has 2 nitrogen and oxygen atoms in total. The van der Waals surface area contributed by atoms with E-state index in [9.17, 15) is 0 Å². The van der Waals surface area contributed by atoms with Gasteiger partial charge in [0.25, 0.3) is 0 Å². The molecule has 0 N–H and O–H groups in total. The predicted octanol–water partition coefficient (Wildman–Crippen LogP) is 4.67. The van der Waals surface area contributed by atoms with E-state index >= 15 is 0 Å². The van der Waals surface area contributed by atoms with Crippen molar-refractivity contribution in [1.82, 2.24) is 4.90 Å². The van der Waals surface area contributed by atoms with Gasteiger partial charge in [-0.1, -0.05) is 53.0 Å². The Kier molecular flexibility index (Phi) is 5.47. The Morgan fingerprint density at radius 1 is 0.913 bits per heavy atom. The maximum atomic E-state index is 6.31. The maximum Gasteiger partial charge on any atom is 0.0654 e. The van der Waals surface area contributed by atoms with Crippen LogP contribution in [-0.4, -0.2) is 37.6 Å². The Morgan fingerprint density at radius 2 is 1.61 bits per heavy atom. The minimum Gasteiger partial charge on any atom is -0.368 e. The van der Waals surface area contributed by atoms with Crippen LogP contribution in [0.5, 0.6) is 0 Å². The third kappa shape index (κ3) is 4.41. The van der Waals surface area contributed by atoms with Crippen molar-refractivity contribution in [2.75, 3.05) is 37.6 Å². The molecule has 0 aliphatic carbocycles. The molecule has 0 unspecified atom stereocenters. The normalized spacial score (nSPS) is 15.9. The van der Waals surface area contributed by atoms with Crippen molar-refractivity contribution in [1.29, 1.82) is 0 Å². The van der Waals surface area contributed by atoms with Gasteiger partial charge >= 0.3 is 0 Å². The van der Waals surface area contributed by atoms with E-state index in [1.807, 2.05) is 18.2 Å². The van der Waals surface area contributed by atoms with Gasteiger partial charge in [-0.25, -0.2) is 0 Å². The summed E-state index contributed by atoms with van der Waals surface area (Å²) < 4.78 is 0. The molecular formula is C19H22Cl2N2. The van der Waals surface area contributed by atoms with Crippen LogP contribution >= 0.6 is 23.2 Å². The van der Waals surface area contributed by atoms with Gasteiger partial charge in [-0.2, -0.15) is 0 Å². The Balaban J connectivity index is 1.51. The second-order valence-electron chi connectivity index (χ2n) is 6.16. The van der Waals surface area contributed by atoms with Crippen molar-refractivity contribution in [3.63, 3.8) is 0 Å². The first-order valence-corrected chi connectivity index (χ1v) is 8.85. The van der Waals surface area contributed by atoms with E-state index in [2.05, 4.69) is 41.0 Å². The number of halogens is 2. The lowest BCUT2D eigenvalue weighted by molar-refractivity contribution is 0.261. The van der Waals surface area contributed by atoms with E-state index in [4.69, 9.17) is 23.2 Å². The lowest BCUT2D eigenvalue weighted by atomic mass is 10.1. The topological polar surface area (TPSA) is 6.48 Å². The summed E-state index contributed by atoms with van der Waals surface area (Å²) in [5.74, 6) is 0. The first kappa shape index (κ1) is 16.6. The Morgan fingerprint density at radius 3 is 2.26 bits per heavy atom. The van der Waals surface area contributed by atoms with Crippen LogP contribution in [0, 0.1) is 6.92 Å². The van der Waals surface area contributed by atoms with Crippen molar-refractivity contribution >= 4 is 28.9 Å². The minimum atomic E-state index is 0.690. The highest BCUT2D eigenvalue weighted by atomic mass is 35.5. The quantitative estimate of drug-likeness (QED) is 0.792. The summed E-state index contributed by atoms with van der Waals surface area (Å²) in [6.07, 6.45) is 1.11.